The molecule has 2 amide bonds. The van der Waals surface area contributed by atoms with Gasteiger partial charge in [0.2, 0.25) is 5.91 Å². The van der Waals surface area contributed by atoms with Crippen molar-refractivity contribution < 1.29 is 9.59 Å². The van der Waals surface area contributed by atoms with E-state index in [0.29, 0.717) is 11.7 Å². The highest BCUT2D eigenvalue weighted by atomic mass is 16.2. The van der Waals surface area contributed by atoms with Crippen LogP contribution in [0.25, 0.3) is 0 Å². The molecule has 3 rings (SSSR count). The minimum absolute atomic E-state index is 0.0300. The fourth-order valence-electron chi connectivity index (χ4n) is 3.57. The predicted molar refractivity (Wildman–Crippen MR) is 86.9 cm³/mol. The van der Waals surface area contributed by atoms with Gasteiger partial charge in [-0.1, -0.05) is 13.8 Å². The molecule has 1 aromatic heterocycles. The van der Waals surface area contributed by atoms with Gasteiger partial charge in [0.15, 0.2) is 0 Å². The number of nitrogens with one attached hydrogen (secondary N) is 1. The van der Waals surface area contributed by atoms with Crippen molar-refractivity contribution in [1.29, 1.82) is 0 Å². The molecule has 0 aromatic carbocycles. The maximum absolute atomic E-state index is 12.6. The number of likely N-dealkylation sites (tertiary alicyclic amines) is 1. The van der Waals surface area contributed by atoms with E-state index in [1.54, 1.807) is 4.68 Å². The molecule has 1 saturated heterocycles. The van der Waals surface area contributed by atoms with E-state index in [2.05, 4.69) is 10.4 Å². The monoisotopic (exact) mass is 318 g/mol. The molecule has 1 aliphatic carbocycles. The van der Waals surface area contributed by atoms with Crippen LogP contribution in [0.2, 0.25) is 0 Å². The van der Waals surface area contributed by atoms with E-state index in [9.17, 15) is 9.59 Å². The Bertz CT molecular complexity index is 627. The van der Waals surface area contributed by atoms with Gasteiger partial charge in [0.25, 0.3) is 5.91 Å². The molecule has 0 radical (unpaired) electrons. The topological polar surface area (TPSA) is 67.2 Å². The first-order valence-corrected chi connectivity index (χ1v) is 8.43. The molecule has 1 unspecified atom stereocenters. The highest BCUT2D eigenvalue weighted by molar-refractivity contribution is 5.92. The van der Waals surface area contributed by atoms with Gasteiger partial charge in [-0.05, 0) is 37.7 Å². The quantitative estimate of drug-likeness (QED) is 0.918. The number of hydrogen-bond acceptors (Lipinski definition) is 3. The lowest BCUT2D eigenvalue weighted by atomic mass is 9.92. The highest BCUT2D eigenvalue weighted by Gasteiger charge is 2.56. The largest absolute Gasteiger partial charge is 0.353 e. The molecular formula is C17H26N4O2. The SMILES string of the molecule is Cc1cc(C(=O)N2CCC3(CC2)CC3NC(=O)C(C)C)n(C)n1. The van der Waals surface area contributed by atoms with Crippen LogP contribution in [0, 0.1) is 18.3 Å². The summed E-state index contributed by atoms with van der Waals surface area (Å²) in [5.41, 5.74) is 1.74. The molecule has 1 saturated carbocycles. The van der Waals surface area contributed by atoms with E-state index in [0.717, 1.165) is 38.0 Å². The van der Waals surface area contributed by atoms with Crippen LogP contribution in [0.5, 0.6) is 0 Å². The lowest BCUT2D eigenvalue weighted by Gasteiger charge is -2.33. The normalized spacial score (nSPS) is 22.5. The summed E-state index contributed by atoms with van der Waals surface area (Å²) in [6.45, 7) is 7.26. The summed E-state index contributed by atoms with van der Waals surface area (Å²) in [6, 6.07) is 2.14. The Kier molecular flexibility index (Phi) is 3.94. The van der Waals surface area contributed by atoms with E-state index in [1.807, 2.05) is 38.8 Å². The molecule has 6 heteroatoms. The molecule has 2 aliphatic rings. The summed E-state index contributed by atoms with van der Waals surface area (Å²) in [7, 11) is 1.81. The fourth-order valence-corrected chi connectivity index (χ4v) is 3.57. The van der Waals surface area contributed by atoms with Crippen LogP contribution in [-0.4, -0.2) is 45.6 Å². The summed E-state index contributed by atoms with van der Waals surface area (Å²) in [6.07, 6.45) is 3.00. The molecule has 1 atom stereocenters. The van der Waals surface area contributed by atoms with Crippen molar-refractivity contribution in [1.82, 2.24) is 20.0 Å². The zero-order chi connectivity index (χ0) is 16.8. The standard InChI is InChI=1S/C17H26N4O2/c1-11(2)15(22)18-14-10-17(14)5-7-21(8-6-17)16(23)13-9-12(3)19-20(13)4/h9,11,14H,5-8,10H2,1-4H3,(H,18,22). The van der Waals surface area contributed by atoms with Crippen LogP contribution in [0.4, 0.5) is 0 Å². The van der Waals surface area contributed by atoms with Crippen molar-refractivity contribution in [3.8, 4) is 0 Å². The number of hydrogen-bond donors (Lipinski definition) is 1. The van der Waals surface area contributed by atoms with E-state index >= 15 is 0 Å². The Labute approximate surface area is 137 Å². The number of carbonyl (C=O) groups is 2. The second-order valence-electron chi connectivity index (χ2n) is 7.37. The summed E-state index contributed by atoms with van der Waals surface area (Å²) in [5, 5.41) is 7.40. The summed E-state index contributed by atoms with van der Waals surface area (Å²) in [4.78, 5) is 26.4. The third kappa shape index (κ3) is 2.99. The number of piperidine rings is 1. The van der Waals surface area contributed by atoms with Gasteiger partial charge in [0.05, 0.1) is 5.69 Å². The maximum atomic E-state index is 12.6. The summed E-state index contributed by atoms with van der Waals surface area (Å²) >= 11 is 0. The third-order valence-corrected chi connectivity index (χ3v) is 5.30. The van der Waals surface area contributed by atoms with Crippen LogP contribution < -0.4 is 5.32 Å². The van der Waals surface area contributed by atoms with Crippen molar-refractivity contribution in [3.05, 3.63) is 17.5 Å². The number of carbonyl (C=O) groups excluding carboxylic acids is 2. The molecule has 2 heterocycles. The zero-order valence-electron chi connectivity index (χ0n) is 14.4. The molecular weight excluding hydrogens is 292 g/mol. The van der Waals surface area contributed by atoms with Gasteiger partial charge in [-0.2, -0.15) is 5.10 Å². The first kappa shape index (κ1) is 16.0. The lowest BCUT2D eigenvalue weighted by Crippen LogP contribution is -2.42. The highest BCUT2D eigenvalue weighted by Crippen LogP contribution is 2.54. The number of aryl methyl sites for hydroxylation is 2. The van der Waals surface area contributed by atoms with Gasteiger partial charge in [-0.25, -0.2) is 0 Å². The summed E-state index contributed by atoms with van der Waals surface area (Å²) < 4.78 is 1.66. The van der Waals surface area contributed by atoms with Crippen LogP contribution in [0.15, 0.2) is 6.07 Å². The summed E-state index contributed by atoms with van der Waals surface area (Å²) in [5.74, 6) is 0.226. The van der Waals surface area contributed by atoms with E-state index in [1.165, 1.54) is 0 Å². The second kappa shape index (κ2) is 5.65. The minimum Gasteiger partial charge on any atom is -0.353 e. The molecule has 1 spiro atoms. The van der Waals surface area contributed by atoms with Gasteiger partial charge in [-0.15, -0.1) is 0 Å². The first-order valence-electron chi connectivity index (χ1n) is 8.43. The molecule has 1 N–H and O–H groups in total. The number of amides is 2. The van der Waals surface area contributed by atoms with Gasteiger partial charge < -0.3 is 10.2 Å². The Morgan fingerprint density at radius 2 is 2.00 bits per heavy atom. The van der Waals surface area contributed by atoms with Crippen LogP contribution in [0.3, 0.4) is 0 Å². The average molecular weight is 318 g/mol. The number of nitrogens with zero attached hydrogens (tertiary/aromatic N) is 3. The molecule has 6 nitrogen and oxygen atoms in total. The average Bonchev–Trinajstić information content (AvgIpc) is 3.02. The molecule has 23 heavy (non-hydrogen) atoms. The molecule has 2 fully saturated rings. The van der Waals surface area contributed by atoms with Crippen LogP contribution in [0.1, 0.15) is 49.3 Å². The Hall–Kier alpha value is -1.85. The second-order valence-corrected chi connectivity index (χ2v) is 7.37. The van der Waals surface area contributed by atoms with Crippen LogP contribution in [-0.2, 0) is 11.8 Å². The molecule has 1 aromatic rings. The van der Waals surface area contributed by atoms with Gasteiger partial charge >= 0.3 is 0 Å². The fraction of sp³-hybridized carbons (Fsp3) is 0.706. The molecule has 0 bridgehead atoms. The third-order valence-electron chi connectivity index (χ3n) is 5.30. The van der Waals surface area contributed by atoms with Crippen molar-refractivity contribution >= 4 is 11.8 Å². The zero-order valence-corrected chi connectivity index (χ0v) is 14.4. The minimum atomic E-state index is 0.0300. The first-order chi connectivity index (χ1) is 10.8. The Morgan fingerprint density at radius 3 is 2.52 bits per heavy atom. The number of rotatable bonds is 3. The van der Waals surface area contributed by atoms with Gasteiger partial charge in [0, 0.05) is 32.1 Å². The maximum Gasteiger partial charge on any atom is 0.272 e. The molecule has 1 aliphatic heterocycles. The number of aromatic nitrogens is 2. The van der Waals surface area contributed by atoms with Crippen molar-refractivity contribution in [2.75, 3.05) is 13.1 Å². The van der Waals surface area contributed by atoms with Crippen molar-refractivity contribution in [3.63, 3.8) is 0 Å². The Morgan fingerprint density at radius 1 is 1.35 bits per heavy atom. The molecule has 126 valence electrons. The van der Waals surface area contributed by atoms with Crippen molar-refractivity contribution in [2.45, 2.75) is 46.1 Å². The van der Waals surface area contributed by atoms with E-state index in [4.69, 9.17) is 0 Å². The smallest absolute Gasteiger partial charge is 0.272 e. The lowest BCUT2D eigenvalue weighted by molar-refractivity contribution is -0.124. The van der Waals surface area contributed by atoms with E-state index < -0.39 is 0 Å². The van der Waals surface area contributed by atoms with E-state index in [-0.39, 0.29) is 23.1 Å². The van der Waals surface area contributed by atoms with Crippen molar-refractivity contribution in [2.24, 2.45) is 18.4 Å². The Balaban J connectivity index is 1.56. The van der Waals surface area contributed by atoms with Crippen LogP contribution >= 0.6 is 0 Å². The predicted octanol–water partition coefficient (Wildman–Crippen LogP) is 1.50. The van der Waals surface area contributed by atoms with Gasteiger partial charge in [-0.3, -0.25) is 14.3 Å². The van der Waals surface area contributed by atoms with Gasteiger partial charge in [0.1, 0.15) is 5.69 Å².